The Balaban J connectivity index is 3.11. The molecule has 0 nitrogen and oxygen atoms in total. The molecule has 0 saturated heterocycles. The molecule has 70 valence electrons. The molecule has 1 unspecified atom stereocenters. The van der Waals surface area contributed by atoms with Crippen LogP contribution in [0.4, 0.5) is 0 Å². The molecule has 0 aliphatic heterocycles. The monoisotopic (exact) mass is 174 g/mol. The number of hydrogen-bond acceptors (Lipinski definition) is 0. The number of benzene rings is 1. The summed E-state index contributed by atoms with van der Waals surface area (Å²) in [5.41, 5.74) is 2.74. The van der Waals surface area contributed by atoms with Gasteiger partial charge >= 0.3 is 0 Å². The molecular formula is C13H18. The second-order valence-electron chi connectivity index (χ2n) is 3.83. The lowest BCUT2D eigenvalue weighted by atomic mass is 9.75. The fourth-order valence-electron chi connectivity index (χ4n) is 1.56. The Morgan fingerprint density at radius 2 is 1.85 bits per heavy atom. The average molecular weight is 174 g/mol. The van der Waals surface area contributed by atoms with Gasteiger partial charge in [-0.2, -0.15) is 0 Å². The molecule has 0 fully saturated rings. The molecule has 0 radical (unpaired) electrons. The van der Waals surface area contributed by atoms with Crippen molar-refractivity contribution in [3.63, 3.8) is 0 Å². The third-order valence-corrected chi connectivity index (χ3v) is 3.06. The minimum absolute atomic E-state index is 0.140. The van der Waals surface area contributed by atoms with E-state index >= 15 is 0 Å². The number of allylic oxidation sites excluding steroid dienone is 1. The van der Waals surface area contributed by atoms with Crippen molar-refractivity contribution in [2.75, 3.05) is 0 Å². The van der Waals surface area contributed by atoms with Gasteiger partial charge in [-0.3, -0.25) is 0 Å². The Hall–Kier alpha value is -1.04. The zero-order valence-electron chi connectivity index (χ0n) is 8.80. The SMILES string of the molecule is C=C(C)C(C)(CC)c1ccccc1. The third kappa shape index (κ3) is 1.82. The smallest absolute Gasteiger partial charge is 0.0125 e. The van der Waals surface area contributed by atoms with E-state index in [0.717, 1.165) is 6.42 Å². The summed E-state index contributed by atoms with van der Waals surface area (Å²) in [6, 6.07) is 10.6. The van der Waals surface area contributed by atoms with E-state index < -0.39 is 0 Å². The van der Waals surface area contributed by atoms with Gasteiger partial charge in [0.05, 0.1) is 0 Å². The minimum Gasteiger partial charge on any atom is -0.0993 e. The van der Waals surface area contributed by atoms with Crippen molar-refractivity contribution in [3.05, 3.63) is 48.0 Å². The predicted octanol–water partition coefficient (Wildman–Crippen LogP) is 3.93. The summed E-state index contributed by atoms with van der Waals surface area (Å²) in [6.07, 6.45) is 1.10. The summed E-state index contributed by atoms with van der Waals surface area (Å²) in [6.45, 7) is 10.6. The zero-order chi connectivity index (χ0) is 9.90. The second-order valence-corrected chi connectivity index (χ2v) is 3.83. The molecule has 1 rings (SSSR count). The molecule has 0 aromatic heterocycles. The van der Waals surface area contributed by atoms with Crippen LogP contribution in [-0.2, 0) is 5.41 Å². The molecule has 13 heavy (non-hydrogen) atoms. The van der Waals surface area contributed by atoms with E-state index in [1.807, 2.05) is 0 Å². The summed E-state index contributed by atoms with van der Waals surface area (Å²) in [5, 5.41) is 0. The van der Waals surface area contributed by atoms with Gasteiger partial charge in [-0.05, 0) is 18.9 Å². The van der Waals surface area contributed by atoms with Gasteiger partial charge in [0.2, 0.25) is 0 Å². The number of rotatable bonds is 3. The first-order chi connectivity index (χ1) is 6.11. The van der Waals surface area contributed by atoms with Gasteiger partial charge in [-0.25, -0.2) is 0 Å². The molecule has 1 aromatic rings. The van der Waals surface area contributed by atoms with Crippen LogP contribution < -0.4 is 0 Å². The summed E-state index contributed by atoms with van der Waals surface area (Å²) < 4.78 is 0. The van der Waals surface area contributed by atoms with E-state index in [9.17, 15) is 0 Å². The van der Waals surface area contributed by atoms with E-state index in [0.29, 0.717) is 0 Å². The van der Waals surface area contributed by atoms with Gasteiger partial charge in [-0.15, -0.1) is 0 Å². The number of hydrogen-bond donors (Lipinski definition) is 0. The van der Waals surface area contributed by atoms with Gasteiger partial charge in [0, 0.05) is 5.41 Å². The van der Waals surface area contributed by atoms with Crippen LogP contribution in [0.25, 0.3) is 0 Å². The molecule has 0 bridgehead atoms. The van der Waals surface area contributed by atoms with Crippen LogP contribution in [0, 0.1) is 0 Å². The van der Waals surface area contributed by atoms with Gasteiger partial charge in [0.25, 0.3) is 0 Å². The first-order valence-corrected chi connectivity index (χ1v) is 4.82. The van der Waals surface area contributed by atoms with Gasteiger partial charge < -0.3 is 0 Å². The van der Waals surface area contributed by atoms with Crippen molar-refractivity contribution >= 4 is 0 Å². The summed E-state index contributed by atoms with van der Waals surface area (Å²) in [5.74, 6) is 0. The second kappa shape index (κ2) is 3.78. The molecule has 1 aromatic carbocycles. The maximum atomic E-state index is 4.07. The highest BCUT2D eigenvalue weighted by atomic mass is 14.3. The van der Waals surface area contributed by atoms with E-state index in [4.69, 9.17) is 0 Å². The maximum Gasteiger partial charge on any atom is 0.0125 e. The third-order valence-electron chi connectivity index (χ3n) is 3.06. The molecule has 0 amide bonds. The Bertz CT molecular complexity index is 284. The van der Waals surface area contributed by atoms with Crippen LogP contribution in [0.15, 0.2) is 42.5 Å². The fraction of sp³-hybridized carbons (Fsp3) is 0.385. The summed E-state index contributed by atoms with van der Waals surface area (Å²) in [4.78, 5) is 0. The molecule has 0 saturated carbocycles. The Labute approximate surface area is 81.3 Å². The van der Waals surface area contributed by atoms with Crippen molar-refractivity contribution in [3.8, 4) is 0 Å². The lowest BCUT2D eigenvalue weighted by Crippen LogP contribution is -2.21. The molecule has 0 aliphatic rings. The fourth-order valence-corrected chi connectivity index (χ4v) is 1.56. The highest BCUT2D eigenvalue weighted by Crippen LogP contribution is 2.33. The van der Waals surface area contributed by atoms with E-state index in [1.54, 1.807) is 0 Å². The highest BCUT2D eigenvalue weighted by Gasteiger charge is 2.24. The van der Waals surface area contributed by atoms with Crippen molar-refractivity contribution in [1.29, 1.82) is 0 Å². The van der Waals surface area contributed by atoms with Crippen LogP contribution in [0.3, 0.4) is 0 Å². The Morgan fingerprint density at radius 3 is 2.23 bits per heavy atom. The van der Waals surface area contributed by atoms with E-state index in [2.05, 4.69) is 57.7 Å². The molecule has 0 N–H and O–H groups in total. The van der Waals surface area contributed by atoms with Gasteiger partial charge in [0.15, 0.2) is 0 Å². The molecule has 0 heterocycles. The first-order valence-electron chi connectivity index (χ1n) is 4.82. The normalized spacial score (nSPS) is 15.0. The van der Waals surface area contributed by atoms with Gasteiger partial charge in [-0.1, -0.05) is 56.3 Å². The van der Waals surface area contributed by atoms with Crippen LogP contribution in [0.1, 0.15) is 32.8 Å². The Morgan fingerprint density at radius 1 is 1.31 bits per heavy atom. The largest absolute Gasteiger partial charge is 0.0993 e. The Kier molecular flexibility index (Phi) is 2.92. The molecule has 0 spiro atoms. The predicted molar refractivity (Wildman–Crippen MR) is 58.9 cm³/mol. The molecule has 0 heteroatoms. The summed E-state index contributed by atoms with van der Waals surface area (Å²) >= 11 is 0. The van der Waals surface area contributed by atoms with Crippen LogP contribution in [0.2, 0.25) is 0 Å². The van der Waals surface area contributed by atoms with Crippen molar-refractivity contribution < 1.29 is 0 Å². The standard InChI is InChI=1S/C13H18/c1-5-13(4,11(2)3)12-9-7-6-8-10-12/h6-10H,2,5H2,1,3-4H3. The van der Waals surface area contributed by atoms with Crippen molar-refractivity contribution in [2.45, 2.75) is 32.6 Å². The molecular weight excluding hydrogens is 156 g/mol. The van der Waals surface area contributed by atoms with Crippen LogP contribution >= 0.6 is 0 Å². The topological polar surface area (TPSA) is 0 Å². The lowest BCUT2D eigenvalue weighted by Gasteiger charge is -2.29. The van der Waals surface area contributed by atoms with Crippen LogP contribution in [-0.4, -0.2) is 0 Å². The lowest BCUT2D eigenvalue weighted by molar-refractivity contribution is 0.538. The zero-order valence-corrected chi connectivity index (χ0v) is 8.80. The first kappa shape index (κ1) is 10.0. The van der Waals surface area contributed by atoms with Gasteiger partial charge in [0.1, 0.15) is 0 Å². The molecule has 0 aliphatic carbocycles. The van der Waals surface area contributed by atoms with Crippen molar-refractivity contribution in [2.24, 2.45) is 0 Å². The van der Waals surface area contributed by atoms with E-state index in [-0.39, 0.29) is 5.41 Å². The van der Waals surface area contributed by atoms with E-state index in [1.165, 1.54) is 11.1 Å². The van der Waals surface area contributed by atoms with Crippen molar-refractivity contribution in [1.82, 2.24) is 0 Å². The average Bonchev–Trinajstić information content (AvgIpc) is 2.17. The van der Waals surface area contributed by atoms with Crippen LogP contribution in [0.5, 0.6) is 0 Å². The maximum absolute atomic E-state index is 4.07. The molecule has 1 atom stereocenters. The minimum atomic E-state index is 0.140. The summed E-state index contributed by atoms with van der Waals surface area (Å²) in [7, 11) is 0. The quantitative estimate of drug-likeness (QED) is 0.609. The highest BCUT2D eigenvalue weighted by molar-refractivity contribution is 5.32.